The number of ether oxygens (including phenoxy) is 1. The molecule has 1 heterocycles. The molecule has 8 nitrogen and oxygen atoms in total. The lowest BCUT2D eigenvalue weighted by Crippen LogP contribution is -2.55. The fourth-order valence-electron chi connectivity index (χ4n) is 3.79. The van der Waals surface area contributed by atoms with Gasteiger partial charge in [0.15, 0.2) is 6.61 Å². The van der Waals surface area contributed by atoms with Gasteiger partial charge in [0.2, 0.25) is 5.91 Å². The van der Waals surface area contributed by atoms with Crippen molar-refractivity contribution >= 4 is 40.1 Å². The van der Waals surface area contributed by atoms with E-state index in [4.69, 9.17) is 4.74 Å². The van der Waals surface area contributed by atoms with E-state index in [1.165, 1.54) is 24.3 Å². The Labute approximate surface area is 200 Å². The van der Waals surface area contributed by atoms with Crippen LogP contribution >= 0.6 is 0 Å². The smallest absolute Gasteiger partial charge is 0.276 e. The van der Waals surface area contributed by atoms with Crippen molar-refractivity contribution in [3.63, 3.8) is 0 Å². The predicted molar refractivity (Wildman–Crippen MR) is 127 cm³/mol. The number of allylic oxidation sites excluding steroid dienone is 1. The van der Waals surface area contributed by atoms with Gasteiger partial charge in [-0.15, -0.1) is 0 Å². The number of amides is 4. The number of imide groups is 1. The molecule has 0 bridgehead atoms. The SMILES string of the molecule is CC=CC(=O)N(NC(=O)COc1ccc2ccccc2c1)C1CC(=O)N(c2cccc(F)c2)C1=O. The highest BCUT2D eigenvalue weighted by atomic mass is 19.1. The molecule has 0 spiro atoms. The molecular weight excluding hydrogens is 453 g/mol. The Kier molecular flexibility index (Phi) is 6.86. The second kappa shape index (κ2) is 10.2. The van der Waals surface area contributed by atoms with Crippen LogP contribution in [0, 0.1) is 5.82 Å². The minimum atomic E-state index is -1.29. The van der Waals surface area contributed by atoms with Crippen LogP contribution in [-0.2, 0) is 19.2 Å². The number of rotatable bonds is 6. The molecule has 0 radical (unpaired) electrons. The van der Waals surface area contributed by atoms with Crippen LogP contribution in [0.3, 0.4) is 0 Å². The van der Waals surface area contributed by atoms with Gasteiger partial charge in [0, 0.05) is 6.08 Å². The van der Waals surface area contributed by atoms with Crippen molar-refractivity contribution in [1.82, 2.24) is 10.4 Å². The number of benzene rings is 3. The van der Waals surface area contributed by atoms with Crippen LogP contribution < -0.4 is 15.1 Å². The van der Waals surface area contributed by atoms with Crippen LogP contribution in [0.4, 0.5) is 10.1 Å². The maximum absolute atomic E-state index is 13.6. The van der Waals surface area contributed by atoms with Gasteiger partial charge < -0.3 is 4.74 Å². The zero-order valence-corrected chi connectivity index (χ0v) is 18.8. The molecule has 0 saturated carbocycles. The zero-order chi connectivity index (χ0) is 24.9. The highest BCUT2D eigenvalue weighted by Crippen LogP contribution is 2.26. The van der Waals surface area contributed by atoms with Crippen LogP contribution in [0.25, 0.3) is 10.8 Å². The average Bonchev–Trinajstić information content (AvgIpc) is 3.14. The molecule has 3 aromatic carbocycles. The van der Waals surface area contributed by atoms with E-state index in [-0.39, 0.29) is 12.1 Å². The van der Waals surface area contributed by atoms with E-state index in [9.17, 15) is 23.6 Å². The molecule has 1 saturated heterocycles. The van der Waals surface area contributed by atoms with E-state index in [0.29, 0.717) is 5.75 Å². The van der Waals surface area contributed by atoms with Crippen LogP contribution in [0.5, 0.6) is 5.75 Å². The maximum atomic E-state index is 13.6. The number of carbonyl (C=O) groups excluding carboxylic acids is 4. The summed E-state index contributed by atoms with van der Waals surface area (Å²) in [6.07, 6.45) is 2.23. The topological polar surface area (TPSA) is 96.0 Å². The van der Waals surface area contributed by atoms with Crippen molar-refractivity contribution in [2.45, 2.75) is 19.4 Å². The van der Waals surface area contributed by atoms with Crippen molar-refractivity contribution in [2.75, 3.05) is 11.5 Å². The molecular formula is C26H22FN3O5. The summed E-state index contributed by atoms with van der Waals surface area (Å²) in [5.74, 6) is -2.93. The van der Waals surface area contributed by atoms with E-state index in [1.54, 1.807) is 19.1 Å². The fraction of sp³-hybridized carbons (Fsp3) is 0.154. The van der Waals surface area contributed by atoms with E-state index in [2.05, 4.69) is 5.43 Å². The minimum absolute atomic E-state index is 0.0481. The van der Waals surface area contributed by atoms with Gasteiger partial charge in [-0.05, 0) is 48.0 Å². The third-order valence-corrected chi connectivity index (χ3v) is 5.38. The molecule has 1 aliphatic heterocycles. The largest absolute Gasteiger partial charge is 0.484 e. The van der Waals surface area contributed by atoms with Crippen molar-refractivity contribution in [3.05, 3.63) is 84.7 Å². The third kappa shape index (κ3) is 5.19. The van der Waals surface area contributed by atoms with E-state index < -0.39 is 42.1 Å². The number of nitrogens with one attached hydrogen (secondary N) is 1. The summed E-state index contributed by atoms with van der Waals surface area (Å²) < 4.78 is 19.2. The maximum Gasteiger partial charge on any atom is 0.276 e. The second-order valence-electron chi connectivity index (χ2n) is 7.81. The number of fused-ring (bicyclic) bond motifs is 1. The summed E-state index contributed by atoms with van der Waals surface area (Å²) in [6, 6.07) is 16.7. The number of halogens is 1. The predicted octanol–water partition coefficient (Wildman–Crippen LogP) is 3.13. The zero-order valence-electron chi connectivity index (χ0n) is 18.8. The van der Waals surface area contributed by atoms with Crippen LogP contribution in [0.15, 0.2) is 78.9 Å². The highest BCUT2D eigenvalue weighted by Gasteiger charge is 2.45. The summed E-state index contributed by atoms with van der Waals surface area (Å²) in [5.41, 5.74) is 2.43. The molecule has 1 unspecified atom stereocenters. The molecule has 4 rings (SSSR count). The Bertz CT molecular complexity index is 1340. The van der Waals surface area contributed by atoms with Crippen LogP contribution in [-0.4, -0.2) is 41.3 Å². The number of anilines is 1. The molecule has 9 heteroatoms. The van der Waals surface area contributed by atoms with E-state index >= 15 is 0 Å². The number of nitrogens with zero attached hydrogens (tertiary/aromatic N) is 2. The quantitative estimate of drug-likeness (QED) is 0.336. The average molecular weight is 475 g/mol. The fourth-order valence-corrected chi connectivity index (χ4v) is 3.79. The lowest BCUT2D eigenvalue weighted by molar-refractivity contribution is -0.144. The van der Waals surface area contributed by atoms with Gasteiger partial charge in [0.1, 0.15) is 17.6 Å². The monoisotopic (exact) mass is 475 g/mol. The summed E-state index contributed by atoms with van der Waals surface area (Å²) in [5, 5.41) is 2.76. The lowest BCUT2D eigenvalue weighted by atomic mass is 10.1. The van der Waals surface area contributed by atoms with Gasteiger partial charge in [0.05, 0.1) is 12.1 Å². The summed E-state index contributed by atoms with van der Waals surface area (Å²) in [7, 11) is 0. The van der Waals surface area contributed by atoms with Gasteiger partial charge in [0.25, 0.3) is 17.7 Å². The lowest BCUT2D eigenvalue weighted by Gasteiger charge is -2.26. The summed E-state index contributed by atoms with van der Waals surface area (Å²) in [4.78, 5) is 51.7. The van der Waals surface area contributed by atoms with Crippen molar-refractivity contribution < 1.29 is 28.3 Å². The van der Waals surface area contributed by atoms with Crippen molar-refractivity contribution in [3.8, 4) is 5.75 Å². The molecule has 178 valence electrons. The molecule has 3 aromatic rings. The Morgan fingerprint density at radius 1 is 1.09 bits per heavy atom. The number of hydrogen-bond acceptors (Lipinski definition) is 5. The highest BCUT2D eigenvalue weighted by molar-refractivity contribution is 6.23. The Hall–Kier alpha value is -4.53. The Balaban J connectivity index is 1.48. The van der Waals surface area contributed by atoms with Crippen molar-refractivity contribution in [1.29, 1.82) is 0 Å². The third-order valence-electron chi connectivity index (χ3n) is 5.38. The van der Waals surface area contributed by atoms with Crippen molar-refractivity contribution in [2.24, 2.45) is 0 Å². The second-order valence-corrected chi connectivity index (χ2v) is 7.81. The normalized spacial score (nSPS) is 15.6. The first kappa shape index (κ1) is 23.6. The van der Waals surface area contributed by atoms with Gasteiger partial charge in [-0.2, -0.15) is 0 Å². The molecule has 1 aliphatic rings. The first-order valence-corrected chi connectivity index (χ1v) is 10.9. The van der Waals surface area contributed by atoms with Gasteiger partial charge in [-0.1, -0.05) is 42.5 Å². The van der Waals surface area contributed by atoms with Gasteiger partial charge in [-0.3, -0.25) is 24.6 Å². The molecule has 1 atom stereocenters. The van der Waals surface area contributed by atoms with E-state index in [0.717, 1.165) is 32.8 Å². The summed E-state index contributed by atoms with van der Waals surface area (Å²) >= 11 is 0. The van der Waals surface area contributed by atoms with Gasteiger partial charge >= 0.3 is 0 Å². The Morgan fingerprint density at radius 2 is 1.86 bits per heavy atom. The molecule has 1 fully saturated rings. The van der Waals surface area contributed by atoms with Gasteiger partial charge in [-0.25, -0.2) is 14.3 Å². The molecule has 0 aliphatic carbocycles. The number of hydrazine groups is 1. The summed E-state index contributed by atoms with van der Waals surface area (Å²) in [6.45, 7) is 1.17. The molecule has 4 amide bonds. The molecule has 0 aromatic heterocycles. The number of hydrogen-bond donors (Lipinski definition) is 1. The minimum Gasteiger partial charge on any atom is -0.484 e. The standard InChI is InChI=1S/C26H22FN3O5/c1-2-6-24(32)30(22-15-25(33)29(26(22)34)20-10-5-9-19(27)14-20)28-23(31)16-35-21-12-11-17-7-3-4-8-18(17)13-21/h2-14,22H,15-16H2,1H3,(H,28,31). The van der Waals surface area contributed by atoms with E-state index in [1.807, 2.05) is 30.3 Å². The Morgan fingerprint density at radius 3 is 2.60 bits per heavy atom. The first-order chi connectivity index (χ1) is 16.9. The van der Waals surface area contributed by atoms with Crippen LogP contribution in [0.1, 0.15) is 13.3 Å². The number of carbonyl (C=O) groups is 4. The molecule has 35 heavy (non-hydrogen) atoms. The van der Waals surface area contributed by atoms with Crippen LogP contribution in [0.2, 0.25) is 0 Å². The molecule has 1 N–H and O–H groups in total. The first-order valence-electron chi connectivity index (χ1n) is 10.9.